The summed E-state index contributed by atoms with van der Waals surface area (Å²) in [6.45, 7) is 6.91. The van der Waals surface area contributed by atoms with Gasteiger partial charge in [0.25, 0.3) is 5.91 Å². The molecule has 1 N–H and O–H groups in total. The van der Waals surface area contributed by atoms with Crippen LogP contribution < -0.4 is 15.0 Å². The van der Waals surface area contributed by atoms with Crippen molar-refractivity contribution in [3.8, 4) is 5.75 Å². The molecule has 0 spiro atoms. The number of nitrogens with one attached hydrogen (secondary N) is 1. The van der Waals surface area contributed by atoms with Crippen molar-refractivity contribution in [1.29, 1.82) is 0 Å². The third kappa shape index (κ3) is 5.05. The minimum Gasteiger partial charge on any atom is -0.487 e. The summed E-state index contributed by atoms with van der Waals surface area (Å²) >= 11 is 0. The summed E-state index contributed by atoms with van der Waals surface area (Å²) in [7, 11) is 7.44. The van der Waals surface area contributed by atoms with Crippen molar-refractivity contribution < 1.29 is 14.3 Å². The summed E-state index contributed by atoms with van der Waals surface area (Å²) in [6.07, 6.45) is -0.215. The maximum Gasteiger partial charge on any atom is 0.317 e. The van der Waals surface area contributed by atoms with Crippen LogP contribution in [0.4, 0.5) is 10.5 Å². The van der Waals surface area contributed by atoms with E-state index in [9.17, 15) is 9.59 Å². The van der Waals surface area contributed by atoms with Gasteiger partial charge in [-0.15, -0.1) is 0 Å². The van der Waals surface area contributed by atoms with E-state index in [2.05, 4.69) is 5.32 Å². The molecule has 0 aromatic heterocycles. The van der Waals surface area contributed by atoms with Gasteiger partial charge >= 0.3 is 6.03 Å². The SMILES string of the molecule is CC(C)NC(=O)N(C)C[C@@H]1Oc2ccc(N(C)C)cc2C(=O)N(C)C[C@@H]1C. The molecule has 1 heterocycles. The number of benzene rings is 1. The molecule has 0 radical (unpaired) electrons. The van der Waals surface area contributed by atoms with E-state index in [1.165, 1.54) is 0 Å². The minimum atomic E-state index is -0.215. The van der Waals surface area contributed by atoms with E-state index in [1.807, 2.05) is 65.0 Å². The first kappa shape index (κ1) is 20.9. The van der Waals surface area contributed by atoms with Crippen LogP contribution in [0.15, 0.2) is 18.2 Å². The molecule has 2 rings (SSSR count). The molecule has 0 fully saturated rings. The van der Waals surface area contributed by atoms with E-state index < -0.39 is 0 Å². The molecule has 0 bridgehead atoms. The van der Waals surface area contributed by atoms with Gasteiger partial charge in [0, 0.05) is 52.4 Å². The van der Waals surface area contributed by atoms with Crippen LogP contribution in [0.2, 0.25) is 0 Å². The highest BCUT2D eigenvalue weighted by Crippen LogP contribution is 2.30. The second-order valence-corrected chi connectivity index (χ2v) is 7.88. The quantitative estimate of drug-likeness (QED) is 0.876. The van der Waals surface area contributed by atoms with Gasteiger partial charge in [0.15, 0.2) is 0 Å². The predicted molar refractivity (Wildman–Crippen MR) is 108 cm³/mol. The van der Waals surface area contributed by atoms with E-state index in [-0.39, 0.29) is 30.0 Å². The van der Waals surface area contributed by atoms with Gasteiger partial charge in [0.2, 0.25) is 0 Å². The molecule has 150 valence electrons. The topological polar surface area (TPSA) is 65.1 Å². The lowest BCUT2D eigenvalue weighted by Gasteiger charge is -2.35. The van der Waals surface area contributed by atoms with Crippen molar-refractivity contribution in [1.82, 2.24) is 15.1 Å². The van der Waals surface area contributed by atoms with Gasteiger partial charge < -0.3 is 24.8 Å². The Bertz CT molecular complexity index is 690. The number of rotatable bonds is 4. The summed E-state index contributed by atoms with van der Waals surface area (Å²) in [4.78, 5) is 30.4. The number of nitrogens with zero attached hydrogens (tertiary/aromatic N) is 3. The Labute approximate surface area is 162 Å². The Morgan fingerprint density at radius 2 is 2.00 bits per heavy atom. The number of hydrogen-bond donors (Lipinski definition) is 1. The van der Waals surface area contributed by atoms with Gasteiger partial charge in [-0.1, -0.05) is 6.92 Å². The standard InChI is InChI=1S/C20H32N4O3/c1-13(2)21-20(26)24(7)12-18-14(3)11-23(6)19(25)16-10-15(22(4)5)8-9-17(16)27-18/h8-10,13-14,18H,11-12H2,1-7H3,(H,21,26)/t14-,18-/m0/s1. The highest BCUT2D eigenvalue weighted by atomic mass is 16.5. The lowest BCUT2D eigenvalue weighted by Crippen LogP contribution is -2.49. The lowest BCUT2D eigenvalue weighted by molar-refractivity contribution is 0.0577. The largest absolute Gasteiger partial charge is 0.487 e. The van der Waals surface area contributed by atoms with Crippen molar-refractivity contribution in [3.05, 3.63) is 23.8 Å². The second kappa shape index (κ2) is 8.50. The van der Waals surface area contributed by atoms with E-state index in [1.54, 1.807) is 16.8 Å². The highest BCUT2D eigenvalue weighted by molar-refractivity contribution is 5.98. The Morgan fingerprint density at radius 3 is 2.59 bits per heavy atom. The van der Waals surface area contributed by atoms with Gasteiger partial charge in [-0.2, -0.15) is 0 Å². The Kier molecular flexibility index (Phi) is 6.57. The molecule has 1 aliphatic rings. The normalized spacial score (nSPS) is 19.7. The van der Waals surface area contributed by atoms with Gasteiger partial charge in [0.1, 0.15) is 11.9 Å². The summed E-state index contributed by atoms with van der Waals surface area (Å²) < 4.78 is 6.24. The molecular formula is C20H32N4O3. The van der Waals surface area contributed by atoms with Crippen LogP contribution in [-0.4, -0.2) is 75.2 Å². The van der Waals surface area contributed by atoms with Crippen LogP contribution in [0.25, 0.3) is 0 Å². The molecule has 0 saturated carbocycles. The van der Waals surface area contributed by atoms with Crippen LogP contribution in [0.3, 0.4) is 0 Å². The number of amides is 3. The predicted octanol–water partition coefficient (Wildman–Crippen LogP) is 2.27. The maximum absolute atomic E-state index is 12.8. The van der Waals surface area contributed by atoms with Crippen LogP contribution in [-0.2, 0) is 0 Å². The molecule has 7 heteroatoms. The lowest BCUT2D eigenvalue weighted by atomic mass is 10.0. The fourth-order valence-corrected chi connectivity index (χ4v) is 3.11. The molecule has 0 saturated heterocycles. The molecular weight excluding hydrogens is 344 g/mol. The molecule has 1 aromatic rings. The smallest absolute Gasteiger partial charge is 0.317 e. The summed E-state index contributed by atoms with van der Waals surface area (Å²) in [6, 6.07) is 5.58. The van der Waals surface area contributed by atoms with Crippen LogP contribution >= 0.6 is 0 Å². The third-order valence-electron chi connectivity index (χ3n) is 4.74. The van der Waals surface area contributed by atoms with Gasteiger partial charge in [-0.25, -0.2) is 4.79 Å². The molecule has 1 aromatic carbocycles. The Hall–Kier alpha value is -2.44. The van der Waals surface area contributed by atoms with Crippen LogP contribution in [0, 0.1) is 5.92 Å². The van der Waals surface area contributed by atoms with Gasteiger partial charge in [-0.3, -0.25) is 4.79 Å². The number of anilines is 1. The third-order valence-corrected chi connectivity index (χ3v) is 4.74. The number of ether oxygens (including phenoxy) is 1. The molecule has 3 amide bonds. The van der Waals surface area contributed by atoms with E-state index >= 15 is 0 Å². The zero-order chi connectivity index (χ0) is 20.3. The fraction of sp³-hybridized carbons (Fsp3) is 0.600. The molecule has 27 heavy (non-hydrogen) atoms. The summed E-state index contributed by atoms with van der Waals surface area (Å²) in [5.74, 6) is 0.589. The van der Waals surface area contributed by atoms with E-state index in [4.69, 9.17) is 4.74 Å². The van der Waals surface area contributed by atoms with Crippen molar-refractivity contribution >= 4 is 17.6 Å². The first-order valence-electron chi connectivity index (χ1n) is 9.35. The monoisotopic (exact) mass is 376 g/mol. The molecule has 0 unspecified atom stereocenters. The summed E-state index contributed by atoms with van der Waals surface area (Å²) in [5.41, 5.74) is 1.49. The molecule has 7 nitrogen and oxygen atoms in total. The average molecular weight is 377 g/mol. The zero-order valence-electron chi connectivity index (χ0n) is 17.4. The second-order valence-electron chi connectivity index (χ2n) is 7.88. The molecule has 0 aliphatic carbocycles. The average Bonchev–Trinajstić information content (AvgIpc) is 2.58. The van der Waals surface area contributed by atoms with Gasteiger partial charge in [-0.05, 0) is 32.0 Å². The number of carbonyl (C=O) groups is 2. The minimum absolute atomic E-state index is 0.0510. The molecule has 2 atom stereocenters. The Balaban J connectivity index is 2.29. The van der Waals surface area contributed by atoms with E-state index in [0.717, 1.165) is 5.69 Å². The number of urea groups is 1. The first-order chi connectivity index (χ1) is 12.6. The number of hydrogen-bond acceptors (Lipinski definition) is 4. The fourth-order valence-electron chi connectivity index (χ4n) is 3.11. The summed E-state index contributed by atoms with van der Waals surface area (Å²) in [5, 5.41) is 2.89. The first-order valence-corrected chi connectivity index (χ1v) is 9.35. The van der Waals surface area contributed by atoms with Crippen LogP contribution in [0.5, 0.6) is 5.75 Å². The highest BCUT2D eigenvalue weighted by Gasteiger charge is 2.31. The number of likely N-dealkylation sites (N-methyl/N-ethyl adjacent to an activating group) is 1. The van der Waals surface area contributed by atoms with Crippen molar-refractivity contribution in [2.75, 3.05) is 46.2 Å². The van der Waals surface area contributed by atoms with Crippen molar-refractivity contribution in [2.45, 2.75) is 32.9 Å². The Morgan fingerprint density at radius 1 is 1.33 bits per heavy atom. The molecule has 1 aliphatic heterocycles. The maximum atomic E-state index is 12.8. The van der Waals surface area contributed by atoms with Crippen molar-refractivity contribution in [3.63, 3.8) is 0 Å². The zero-order valence-corrected chi connectivity index (χ0v) is 17.4. The van der Waals surface area contributed by atoms with E-state index in [0.29, 0.717) is 24.4 Å². The number of carbonyl (C=O) groups excluding carboxylic acids is 2. The van der Waals surface area contributed by atoms with Gasteiger partial charge in [0.05, 0.1) is 12.1 Å². The van der Waals surface area contributed by atoms with Crippen molar-refractivity contribution in [2.24, 2.45) is 5.92 Å². The number of fused-ring (bicyclic) bond motifs is 1. The van der Waals surface area contributed by atoms with Crippen LogP contribution in [0.1, 0.15) is 31.1 Å².